The molecule has 6 nitrogen and oxygen atoms in total. The standard InChI is InChI=1S/C31H31F6N3O3/c1-19(41)38-17-29(42)40-11-10-27(26(18-40)20-6-4-3-5-7-20)39-16-23-12-21(8-9-28(23)43-2)22-13-24(30(32,33)34)15-25(14-22)31(35,36)37/h3-9,12-15,26-27,39H,10-11,16-18H2,1-2H3,(H,38,41)/t26-,27-/m0/s1. The van der Waals surface area contributed by atoms with E-state index in [9.17, 15) is 35.9 Å². The molecule has 3 aromatic rings. The molecule has 0 spiro atoms. The molecule has 43 heavy (non-hydrogen) atoms. The van der Waals surface area contributed by atoms with Crippen LogP contribution in [0.3, 0.4) is 0 Å². The summed E-state index contributed by atoms with van der Waals surface area (Å²) >= 11 is 0. The predicted molar refractivity (Wildman–Crippen MR) is 148 cm³/mol. The monoisotopic (exact) mass is 607 g/mol. The van der Waals surface area contributed by atoms with Crippen LogP contribution in [-0.4, -0.2) is 49.5 Å². The van der Waals surface area contributed by atoms with Gasteiger partial charge in [0.05, 0.1) is 24.8 Å². The summed E-state index contributed by atoms with van der Waals surface area (Å²) in [6.07, 6.45) is -9.36. The molecule has 3 aromatic carbocycles. The molecule has 1 aliphatic rings. The molecule has 0 radical (unpaired) electrons. The fraction of sp³-hybridized carbons (Fsp3) is 0.355. The molecule has 2 atom stereocenters. The van der Waals surface area contributed by atoms with E-state index in [1.165, 1.54) is 32.2 Å². The largest absolute Gasteiger partial charge is 0.496 e. The Labute approximate surface area is 245 Å². The first-order valence-corrected chi connectivity index (χ1v) is 13.5. The molecule has 12 heteroatoms. The van der Waals surface area contributed by atoms with Crippen molar-refractivity contribution >= 4 is 11.8 Å². The zero-order valence-electron chi connectivity index (χ0n) is 23.5. The number of amides is 2. The molecule has 1 aliphatic heterocycles. The molecule has 0 aliphatic carbocycles. The topological polar surface area (TPSA) is 70.7 Å². The minimum Gasteiger partial charge on any atom is -0.496 e. The maximum absolute atomic E-state index is 13.5. The fourth-order valence-corrected chi connectivity index (χ4v) is 5.23. The summed E-state index contributed by atoms with van der Waals surface area (Å²) in [7, 11) is 1.43. The highest BCUT2D eigenvalue weighted by atomic mass is 19.4. The van der Waals surface area contributed by atoms with Crippen molar-refractivity contribution < 1.29 is 40.7 Å². The Kier molecular flexibility index (Phi) is 9.69. The zero-order chi connectivity index (χ0) is 31.4. The first-order chi connectivity index (χ1) is 20.3. The van der Waals surface area contributed by atoms with E-state index < -0.39 is 23.5 Å². The van der Waals surface area contributed by atoms with Crippen LogP contribution in [0, 0.1) is 0 Å². The van der Waals surface area contributed by atoms with Crippen molar-refractivity contribution in [2.75, 3.05) is 26.7 Å². The lowest BCUT2D eigenvalue weighted by atomic mass is 9.85. The van der Waals surface area contributed by atoms with Crippen LogP contribution >= 0.6 is 0 Å². The van der Waals surface area contributed by atoms with Gasteiger partial charge >= 0.3 is 12.4 Å². The van der Waals surface area contributed by atoms with Gasteiger partial charge < -0.3 is 20.3 Å². The van der Waals surface area contributed by atoms with Crippen LogP contribution in [0.15, 0.2) is 66.7 Å². The number of nitrogens with one attached hydrogen (secondary N) is 2. The lowest BCUT2D eigenvalue weighted by molar-refractivity contribution is -0.143. The number of alkyl halides is 6. The molecule has 1 saturated heterocycles. The van der Waals surface area contributed by atoms with Gasteiger partial charge in [-0.25, -0.2) is 0 Å². The maximum Gasteiger partial charge on any atom is 0.416 e. The van der Waals surface area contributed by atoms with Crippen LogP contribution in [0.1, 0.15) is 41.5 Å². The third-order valence-electron chi connectivity index (χ3n) is 7.44. The first kappa shape index (κ1) is 31.9. The van der Waals surface area contributed by atoms with Gasteiger partial charge in [-0.05, 0) is 53.4 Å². The highest BCUT2D eigenvalue weighted by Gasteiger charge is 2.37. The SMILES string of the molecule is COc1ccc(-c2cc(C(F)(F)F)cc(C(F)(F)F)c2)cc1CN[C@H]1CCN(C(=O)CNC(C)=O)C[C@H]1c1ccccc1. The Bertz CT molecular complexity index is 1410. The first-order valence-electron chi connectivity index (χ1n) is 13.5. The number of halogens is 6. The van der Waals surface area contributed by atoms with Crippen molar-refractivity contribution in [3.8, 4) is 16.9 Å². The van der Waals surface area contributed by atoms with E-state index in [1.54, 1.807) is 4.90 Å². The quantitative estimate of drug-likeness (QED) is 0.308. The van der Waals surface area contributed by atoms with Gasteiger partial charge in [0, 0.05) is 44.1 Å². The fourth-order valence-electron chi connectivity index (χ4n) is 5.23. The predicted octanol–water partition coefficient (Wildman–Crippen LogP) is 6.01. The van der Waals surface area contributed by atoms with E-state index in [-0.39, 0.29) is 54.1 Å². The van der Waals surface area contributed by atoms with Crippen LogP contribution in [0.25, 0.3) is 11.1 Å². The van der Waals surface area contributed by atoms with E-state index in [0.717, 1.165) is 5.56 Å². The van der Waals surface area contributed by atoms with Gasteiger partial charge in [0.1, 0.15) is 5.75 Å². The number of methoxy groups -OCH3 is 1. The number of piperidine rings is 1. The summed E-state index contributed by atoms with van der Waals surface area (Å²) in [5.41, 5.74) is -1.30. The van der Waals surface area contributed by atoms with Gasteiger partial charge in [0.2, 0.25) is 11.8 Å². The lowest BCUT2D eigenvalue weighted by Crippen LogP contribution is -2.51. The molecule has 0 saturated carbocycles. The van der Waals surface area contributed by atoms with Gasteiger partial charge in [0.15, 0.2) is 0 Å². The number of hydrogen-bond donors (Lipinski definition) is 2. The van der Waals surface area contributed by atoms with Crippen molar-refractivity contribution in [1.29, 1.82) is 0 Å². The molecule has 230 valence electrons. The maximum atomic E-state index is 13.5. The van der Waals surface area contributed by atoms with Gasteiger partial charge in [0.25, 0.3) is 0 Å². The number of nitrogens with zero attached hydrogens (tertiary/aromatic N) is 1. The summed E-state index contributed by atoms with van der Waals surface area (Å²) in [5.74, 6) is -0.217. The summed E-state index contributed by atoms with van der Waals surface area (Å²) in [6.45, 7) is 2.25. The van der Waals surface area contributed by atoms with Crippen LogP contribution in [0.2, 0.25) is 0 Å². The van der Waals surface area contributed by atoms with Crippen LogP contribution in [-0.2, 0) is 28.5 Å². The Balaban J connectivity index is 1.60. The van der Waals surface area contributed by atoms with Gasteiger partial charge in [-0.3, -0.25) is 9.59 Å². The van der Waals surface area contributed by atoms with Crippen LogP contribution in [0.5, 0.6) is 5.75 Å². The van der Waals surface area contributed by atoms with E-state index in [1.807, 2.05) is 30.3 Å². The number of carbonyl (C=O) groups excluding carboxylic acids is 2. The molecule has 0 bridgehead atoms. The van der Waals surface area contributed by atoms with Gasteiger partial charge in [-0.1, -0.05) is 36.4 Å². The minimum atomic E-state index is -4.96. The average Bonchev–Trinajstić information content (AvgIpc) is 2.97. The molecule has 2 amide bonds. The van der Waals surface area contributed by atoms with Crippen LogP contribution in [0.4, 0.5) is 26.3 Å². The normalized spacial score (nSPS) is 17.4. The lowest BCUT2D eigenvalue weighted by Gasteiger charge is -2.39. The minimum absolute atomic E-state index is 0.104. The van der Waals surface area contributed by atoms with E-state index in [2.05, 4.69) is 10.6 Å². The van der Waals surface area contributed by atoms with Gasteiger partial charge in [-0.15, -0.1) is 0 Å². The molecule has 1 fully saturated rings. The van der Waals surface area contributed by atoms with Crippen LogP contribution < -0.4 is 15.4 Å². The molecule has 2 N–H and O–H groups in total. The Morgan fingerprint density at radius 3 is 2.14 bits per heavy atom. The molecule has 1 heterocycles. The smallest absolute Gasteiger partial charge is 0.416 e. The Hall–Kier alpha value is -4.06. The molecule has 0 unspecified atom stereocenters. The molecular formula is C31H31F6N3O3. The highest BCUT2D eigenvalue weighted by molar-refractivity contribution is 5.83. The summed E-state index contributed by atoms with van der Waals surface area (Å²) < 4.78 is 86.3. The number of rotatable bonds is 8. The van der Waals surface area contributed by atoms with Crippen molar-refractivity contribution in [1.82, 2.24) is 15.5 Å². The van der Waals surface area contributed by atoms with E-state index in [0.29, 0.717) is 43.0 Å². The number of hydrogen-bond acceptors (Lipinski definition) is 4. The van der Waals surface area contributed by atoms with Crippen molar-refractivity contribution in [2.24, 2.45) is 0 Å². The molecule has 4 rings (SSSR count). The zero-order valence-corrected chi connectivity index (χ0v) is 23.5. The molecular weight excluding hydrogens is 576 g/mol. The van der Waals surface area contributed by atoms with Crippen molar-refractivity contribution in [3.63, 3.8) is 0 Å². The number of likely N-dealkylation sites (tertiary alicyclic amines) is 1. The number of ether oxygens (including phenoxy) is 1. The van der Waals surface area contributed by atoms with E-state index in [4.69, 9.17) is 4.74 Å². The Morgan fingerprint density at radius 2 is 1.56 bits per heavy atom. The highest BCUT2D eigenvalue weighted by Crippen LogP contribution is 2.39. The third kappa shape index (κ3) is 8.07. The number of carbonyl (C=O) groups is 2. The summed E-state index contributed by atoms with van der Waals surface area (Å²) in [4.78, 5) is 25.7. The van der Waals surface area contributed by atoms with Crippen molar-refractivity contribution in [2.45, 2.75) is 44.2 Å². The summed E-state index contributed by atoms with van der Waals surface area (Å²) in [5, 5.41) is 6.00. The average molecular weight is 608 g/mol. The second kappa shape index (κ2) is 13.1. The van der Waals surface area contributed by atoms with Gasteiger partial charge in [-0.2, -0.15) is 26.3 Å². The summed E-state index contributed by atoms with van der Waals surface area (Å²) in [6, 6.07) is 15.4. The number of benzene rings is 3. The van der Waals surface area contributed by atoms with E-state index >= 15 is 0 Å². The second-order valence-electron chi connectivity index (χ2n) is 10.4. The third-order valence-corrected chi connectivity index (χ3v) is 7.44. The second-order valence-corrected chi connectivity index (χ2v) is 10.4. The molecule has 0 aromatic heterocycles. The Morgan fingerprint density at radius 1 is 0.907 bits per heavy atom. The van der Waals surface area contributed by atoms with Crippen molar-refractivity contribution in [3.05, 3.63) is 89.0 Å².